The largest absolute Gasteiger partial charge is 0.465 e. The van der Waals surface area contributed by atoms with Gasteiger partial charge in [-0.1, -0.05) is 62.2 Å². The van der Waals surface area contributed by atoms with Gasteiger partial charge in [0.25, 0.3) is 0 Å². The summed E-state index contributed by atoms with van der Waals surface area (Å²) in [5.41, 5.74) is 2.79. The Balaban J connectivity index is 3.34. The van der Waals surface area contributed by atoms with Crippen LogP contribution in [0, 0.1) is 0 Å². The molecule has 1 aromatic rings. The molecule has 0 aliphatic heterocycles. The molecule has 0 atom stereocenters. The monoisotopic (exact) mass is 240 g/mol. The molecule has 92 valence electrons. The summed E-state index contributed by atoms with van der Waals surface area (Å²) in [5, 5.41) is 0. The first-order valence-electron chi connectivity index (χ1n) is 5.47. The lowest BCUT2D eigenvalue weighted by Crippen LogP contribution is -2.06. The predicted molar refractivity (Wildman–Crippen MR) is 75.9 cm³/mol. The lowest BCUT2D eigenvalue weighted by Gasteiger charge is -2.11. The molecule has 0 aliphatic carbocycles. The van der Waals surface area contributed by atoms with Crippen LogP contribution in [-0.2, 0) is 9.53 Å². The van der Waals surface area contributed by atoms with Crippen LogP contribution in [0.5, 0.6) is 0 Å². The fourth-order valence-electron chi connectivity index (χ4n) is 1.62. The quantitative estimate of drug-likeness (QED) is 0.446. The maximum Gasteiger partial charge on any atom is 0.337 e. The van der Waals surface area contributed by atoms with Crippen LogP contribution in [0.2, 0.25) is 0 Å². The molecule has 1 rings (SSSR count). The van der Waals surface area contributed by atoms with Gasteiger partial charge in [0.15, 0.2) is 0 Å². The van der Waals surface area contributed by atoms with Crippen molar-refractivity contribution in [2.75, 3.05) is 7.11 Å². The molecular formula is C16H16O2. The van der Waals surface area contributed by atoms with Crippen LogP contribution in [-0.4, -0.2) is 13.1 Å². The van der Waals surface area contributed by atoms with Crippen molar-refractivity contribution in [3.8, 4) is 0 Å². The lowest BCUT2D eigenvalue weighted by atomic mass is 9.94. The summed E-state index contributed by atoms with van der Waals surface area (Å²) >= 11 is 0. The van der Waals surface area contributed by atoms with Gasteiger partial charge in [-0.05, 0) is 16.7 Å². The molecule has 0 radical (unpaired) electrons. The molecule has 18 heavy (non-hydrogen) atoms. The first kappa shape index (κ1) is 13.7. The smallest absolute Gasteiger partial charge is 0.337 e. The Labute approximate surface area is 108 Å². The van der Waals surface area contributed by atoms with Crippen molar-refractivity contribution < 1.29 is 9.53 Å². The van der Waals surface area contributed by atoms with Crippen LogP contribution in [0.1, 0.15) is 11.1 Å². The average molecular weight is 240 g/mol. The topological polar surface area (TPSA) is 26.3 Å². The standard InChI is InChI=1S/C16H16O2/c1-5-9-14(12(3)16(17)18-4)15-11-8-7-10-13(15)6-2/h5-11H,1-3H2,4H3/b14-9-. The second kappa shape index (κ2) is 6.40. The van der Waals surface area contributed by atoms with Crippen LogP contribution in [0.15, 0.2) is 61.7 Å². The minimum absolute atomic E-state index is 0.298. The Kier molecular flexibility index (Phi) is 4.88. The Bertz CT molecular complexity index is 522. The molecule has 0 fully saturated rings. The molecular weight excluding hydrogens is 224 g/mol. The van der Waals surface area contributed by atoms with Crippen LogP contribution >= 0.6 is 0 Å². The van der Waals surface area contributed by atoms with Gasteiger partial charge >= 0.3 is 5.97 Å². The third-order valence-corrected chi connectivity index (χ3v) is 2.51. The molecule has 1 aromatic carbocycles. The van der Waals surface area contributed by atoms with Gasteiger partial charge in [-0.2, -0.15) is 0 Å². The van der Waals surface area contributed by atoms with E-state index in [1.165, 1.54) is 7.11 Å². The SMILES string of the molecule is C=C/C=C(/C(=C)C(=O)OC)c1ccccc1C=C. The third kappa shape index (κ3) is 2.86. The zero-order valence-corrected chi connectivity index (χ0v) is 10.5. The number of carbonyl (C=O) groups excluding carboxylic acids is 1. The van der Waals surface area contributed by atoms with E-state index in [2.05, 4.69) is 19.7 Å². The molecule has 0 saturated carbocycles. The number of esters is 1. The van der Waals surface area contributed by atoms with Crippen LogP contribution in [0.3, 0.4) is 0 Å². The second-order valence-electron chi connectivity index (χ2n) is 3.58. The third-order valence-electron chi connectivity index (χ3n) is 2.51. The minimum atomic E-state index is -0.457. The van der Waals surface area contributed by atoms with E-state index >= 15 is 0 Å². The normalized spacial score (nSPS) is 10.6. The second-order valence-corrected chi connectivity index (χ2v) is 3.58. The fraction of sp³-hybridized carbons (Fsp3) is 0.0625. The van der Waals surface area contributed by atoms with Crippen molar-refractivity contribution in [3.63, 3.8) is 0 Å². The maximum absolute atomic E-state index is 11.6. The molecule has 0 aromatic heterocycles. The zero-order valence-electron chi connectivity index (χ0n) is 10.5. The number of ether oxygens (including phenoxy) is 1. The van der Waals surface area contributed by atoms with Crippen molar-refractivity contribution in [2.24, 2.45) is 0 Å². The molecule has 0 bridgehead atoms. The van der Waals surface area contributed by atoms with Gasteiger partial charge in [0.05, 0.1) is 12.7 Å². The van der Waals surface area contributed by atoms with E-state index < -0.39 is 5.97 Å². The summed E-state index contributed by atoms with van der Waals surface area (Å²) < 4.78 is 4.69. The molecule has 2 nitrogen and oxygen atoms in total. The van der Waals surface area contributed by atoms with Crippen molar-refractivity contribution in [1.82, 2.24) is 0 Å². The van der Waals surface area contributed by atoms with Crippen LogP contribution < -0.4 is 0 Å². The molecule has 0 amide bonds. The van der Waals surface area contributed by atoms with Crippen molar-refractivity contribution >= 4 is 17.6 Å². The number of hydrogen-bond acceptors (Lipinski definition) is 2. The predicted octanol–water partition coefficient (Wildman–Crippen LogP) is 3.63. The molecule has 0 N–H and O–H groups in total. The lowest BCUT2D eigenvalue weighted by molar-refractivity contribution is -0.135. The number of benzene rings is 1. The number of methoxy groups -OCH3 is 1. The molecule has 0 heterocycles. The Morgan fingerprint density at radius 2 is 1.94 bits per heavy atom. The Morgan fingerprint density at radius 1 is 1.28 bits per heavy atom. The van der Waals surface area contributed by atoms with Crippen molar-refractivity contribution in [1.29, 1.82) is 0 Å². The average Bonchev–Trinajstić information content (AvgIpc) is 2.43. The maximum atomic E-state index is 11.6. The van der Waals surface area contributed by atoms with Gasteiger partial charge in [-0.25, -0.2) is 4.79 Å². The van der Waals surface area contributed by atoms with Gasteiger partial charge in [0.1, 0.15) is 0 Å². The van der Waals surface area contributed by atoms with E-state index in [1.807, 2.05) is 24.3 Å². The summed E-state index contributed by atoms with van der Waals surface area (Å²) in [7, 11) is 1.33. The highest BCUT2D eigenvalue weighted by molar-refractivity contribution is 6.06. The summed E-state index contributed by atoms with van der Waals surface area (Å²) in [4.78, 5) is 11.6. The van der Waals surface area contributed by atoms with Gasteiger partial charge in [0, 0.05) is 0 Å². The van der Waals surface area contributed by atoms with Gasteiger partial charge in [-0.3, -0.25) is 0 Å². The van der Waals surface area contributed by atoms with Crippen LogP contribution in [0.25, 0.3) is 11.6 Å². The zero-order chi connectivity index (χ0) is 13.5. The van der Waals surface area contributed by atoms with E-state index in [4.69, 9.17) is 4.74 Å². The van der Waals surface area contributed by atoms with E-state index in [0.29, 0.717) is 11.1 Å². The molecule has 2 heteroatoms. The first-order chi connectivity index (χ1) is 8.65. The number of allylic oxidation sites excluding steroid dienone is 2. The van der Waals surface area contributed by atoms with Gasteiger partial charge in [-0.15, -0.1) is 0 Å². The van der Waals surface area contributed by atoms with Gasteiger partial charge < -0.3 is 4.74 Å². The van der Waals surface area contributed by atoms with Crippen molar-refractivity contribution in [3.05, 3.63) is 72.9 Å². The summed E-state index contributed by atoms with van der Waals surface area (Å²) in [6.45, 7) is 11.2. The molecule has 0 aliphatic rings. The minimum Gasteiger partial charge on any atom is -0.465 e. The number of rotatable bonds is 5. The summed E-state index contributed by atoms with van der Waals surface area (Å²) in [6, 6.07) is 7.63. The van der Waals surface area contributed by atoms with Crippen LogP contribution in [0.4, 0.5) is 0 Å². The van der Waals surface area contributed by atoms with E-state index in [-0.39, 0.29) is 0 Å². The number of hydrogen-bond donors (Lipinski definition) is 0. The Morgan fingerprint density at radius 3 is 2.50 bits per heavy atom. The highest BCUT2D eigenvalue weighted by atomic mass is 16.5. The summed E-state index contributed by atoms with van der Waals surface area (Å²) in [5.74, 6) is -0.457. The molecule has 0 saturated heterocycles. The van der Waals surface area contributed by atoms with Gasteiger partial charge in [0.2, 0.25) is 0 Å². The number of carbonyl (C=O) groups is 1. The fourth-order valence-corrected chi connectivity index (χ4v) is 1.62. The van der Waals surface area contributed by atoms with E-state index in [9.17, 15) is 4.79 Å². The first-order valence-corrected chi connectivity index (χ1v) is 5.47. The van der Waals surface area contributed by atoms with E-state index in [0.717, 1.165) is 11.1 Å². The highest BCUT2D eigenvalue weighted by Gasteiger charge is 2.15. The molecule has 0 spiro atoms. The molecule has 0 unspecified atom stereocenters. The summed E-state index contributed by atoms with van der Waals surface area (Å²) in [6.07, 6.45) is 5.09. The highest BCUT2D eigenvalue weighted by Crippen LogP contribution is 2.26. The Hall–Kier alpha value is -2.35. The van der Waals surface area contributed by atoms with E-state index in [1.54, 1.807) is 18.2 Å². The van der Waals surface area contributed by atoms with Crippen molar-refractivity contribution in [2.45, 2.75) is 0 Å².